The summed E-state index contributed by atoms with van der Waals surface area (Å²) in [5.41, 5.74) is 2.13. The second-order valence-corrected chi connectivity index (χ2v) is 6.28. The molecule has 0 saturated heterocycles. The molecule has 26 heavy (non-hydrogen) atoms. The van der Waals surface area contributed by atoms with Gasteiger partial charge in [-0.05, 0) is 42.7 Å². The second kappa shape index (κ2) is 11.3. The summed E-state index contributed by atoms with van der Waals surface area (Å²) in [6.45, 7) is 10.6. The lowest BCUT2D eigenvalue weighted by Crippen LogP contribution is -2.07. The smallest absolute Gasteiger partial charge is 0.231 e. The summed E-state index contributed by atoms with van der Waals surface area (Å²) in [4.78, 5) is 0. The van der Waals surface area contributed by atoms with Gasteiger partial charge in [-0.2, -0.15) is 0 Å². The molecule has 0 aliphatic rings. The third-order valence-electron chi connectivity index (χ3n) is 3.64. The Balaban J connectivity index is 0.00000105. The zero-order chi connectivity index (χ0) is 19.5. The molecule has 2 rings (SSSR count). The van der Waals surface area contributed by atoms with Gasteiger partial charge in [0.25, 0.3) is 0 Å². The van der Waals surface area contributed by atoms with Crippen LogP contribution in [-0.4, -0.2) is 21.0 Å². The second-order valence-electron chi connectivity index (χ2n) is 6.28. The van der Waals surface area contributed by atoms with E-state index >= 15 is 0 Å². The van der Waals surface area contributed by atoms with Crippen LogP contribution < -0.4 is 18.9 Å². The molecule has 0 aliphatic carbocycles. The first-order chi connectivity index (χ1) is 12.5. The maximum atomic E-state index is 5.74. The predicted molar refractivity (Wildman–Crippen MR) is 107 cm³/mol. The number of aryl methyl sites for hydroxylation is 1. The lowest BCUT2D eigenvalue weighted by atomic mass is 10.0. The molecule has 0 atom stereocenters. The van der Waals surface area contributed by atoms with Gasteiger partial charge in [-0.25, -0.2) is 0 Å². The normalized spacial score (nSPS) is 10.0. The van der Waals surface area contributed by atoms with E-state index in [0.717, 1.165) is 28.4 Å². The molecule has 0 aromatic heterocycles. The van der Waals surface area contributed by atoms with Gasteiger partial charge in [-0.15, -0.1) is 0 Å². The standard InChI is InChI=1S/C19H24O4.C3H8/c1-13(2)16-7-6-8-18(19(16)21-5)23-12-22-15-9-10-17(20-4)14(3)11-15;1-3-2/h6-11,13H,12H2,1-5H3;3H2,1-2H3. The van der Waals surface area contributed by atoms with E-state index in [-0.39, 0.29) is 6.79 Å². The van der Waals surface area contributed by atoms with Crippen molar-refractivity contribution in [3.63, 3.8) is 0 Å². The van der Waals surface area contributed by atoms with Gasteiger partial charge < -0.3 is 18.9 Å². The summed E-state index contributed by atoms with van der Waals surface area (Å²) in [5.74, 6) is 3.38. The molecule has 0 bridgehead atoms. The Labute approximate surface area is 158 Å². The summed E-state index contributed by atoms with van der Waals surface area (Å²) in [6, 6.07) is 11.5. The van der Waals surface area contributed by atoms with Crippen molar-refractivity contribution in [3.05, 3.63) is 47.5 Å². The molecule has 0 N–H and O–H groups in total. The Morgan fingerprint density at radius 2 is 1.58 bits per heavy atom. The van der Waals surface area contributed by atoms with Crippen LogP contribution in [-0.2, 0) is 0 Å². The number of rotatable bonds is 7. The van der Waals surface area contributed by atoms with Gasteiger partial charge >= 0.3 is 0 Å². The highest BCUT2D eigenvalue weighted by Crippen LogP contribution is 2.35. The molecule has 0 unspecified atom stereocenters. The topological polar surface area (TPSA) is 36.9 Å². The number of hydrogen-bond donors (Lipinski definition) is 0. The zero-order valence-electron chi connectivity index (χ0n) is 17.1. The van der Waals surface area contributed by atoms with E-state index in [0.29, 0.717) is 11.7 Å². The van der Waals surface area contributed by atoms with Gasteiger partial charge in [0.15, 0.2) is 11.5 Å². The van der Waals surface area contributed by atoms with Gasteiger partial charge in [0.2, 0.25) is 6.79 Å². The van der Waals surface area contributed by atoms with Gasteiger partial charge in [0.1, 0.15) is 11.5 Å². The Morgan fingerprint density at radius 1 is 0.885 bits per heavy atom. The van der Waals surface area contributed by atoms with Crippen molar-refractivity contribution in [2.75, 3.05) is 21.0 Å². The lowest BCUT2D eigenvalue weighted by Gasteiger charge is -2.16. The van der Waals surface area contributed by atoms with Crippen LogP contribution in [0.1, 0.15) is 51.2 Å². The first-order valence-electron chi connectivity index (χ1n) is 9.05. The molecule has 4 nitrogen and oxygen atoms in total. The van der Waals surface area contributed by atoms with Crippen LogP contribution in [0.25, 0.3) is 0 Å². The average molecular weight is 360 g/mol. The monoisotopic (exact) mass is 360 g/mol. The Kier molecular flexibility index (Phi) is 9.42. The Hall–Kier alpha value is -2.36. The molecular weight excluding hydrogens is 328 g/mol. The molecule has 0 spiro atoms. The summed E-state index contributed by atoms with van der Waals surface area (Å²) in [5, 5.41) is 0. The Morgan fingerprint density at radius 3 is 2.12 bits per heavy atom. The van der Waals surface area contributed by atoms with Crippen LogP contribution in [0.2, 0.25) is 0 Å². The molecule has 0 radical (unpaired) electrons. The quantitative estimate of drug-likeness (QED) is 0.570. The minimum Gasteiger partial charge on any atom is -0.496 e. The van der Waals surface area contributed by atoms with Gasteiger partial charge in [-0.3, -0.25) is 0 Å². The molecule has 144 valence electrons. The molecule has 0 amide bonds. The molecule has 2 aromatic carbocycles. The van der Waals surface area contributed by atoms with Crippen molar-refractivity contribution in [2.24, 2.45) is 0 Å². The van der Waals surface area contributed by atoms with Crippen molar-refractivity contribution in [1.29, 1.82) is 0 Å². The van der Waals surface area contributed by atoms with Crippen LogP contribution >= 0.6 is 0 Å². The van der Waals surface area contributed by atoms with Crippen LogP contribution in [0.5, 0.6) is 23.0 Å². The van der Waals surface area contributed by atoms with Crippen LogP contribution in [0.3, 0.4) is 0 Å². The molecule has 2 aromatic rings. The number of hydrogen-bond acceptors (Lipinski definition) is 4. The van der Waals surface area contributed by atoms with E-state index in [1.807, 2.05) is 43.3 Å². The van der Waals surface area contributed by atoms with Crippen molar-refractivity contribution in [3.8, 4) is 23.0 Å². The van der Waals surface area contributed by atoms with Crippen LogP contribution in [0.4, 0.5) is 0 Å². The number of benzene rings is 2. The minimum absolute atomic E-state index is 0.115. The van der Waals surface area contributed by atoms with Gasteiger partial charge in [0.05, 0.1) is 14.2 Å². The number of para-hydroxylation sites is 1. The third-order valence-corrected chi connectivity index (χ3v) is 3.64. The first-order valence-corrected chi connectivity index (χ1v) is 9.05. The van der Waals surface area contributed by atoms with E-state index in [4.69, 9.17) is 18.9 Å². The molecule has 0 fully saturated rings. The largest absolute Gasteiger partial charge is 0.496 e. The highest BCUT2D eigenvalue weighted by atomic mass is 16.7. The fourth-order valence-electron chi connectivity index (χ4n) is 2.42. The predicted octanol–water partition coefficient (Wildman–Crippen LogP) is 5.97. The summed E-state index contributed by atoms with van der Waals surface area (Å²) >= 11 is 0. The van der Waals surface area contributed by atoms with Crippen LogP contribution in [0.15, 0.2) is 36.4 Å². The zero-order valence-corrected chi connectivity index (χ0v) is 17.1. The number of ether oxygens (including phenoxy) is 4. The lowest BCUT2D eigenvalue weighted by molar-refractivity contribution is 0.116. The highest BCUT2D eigenvalue weighted by Gasteiger charge is 2.13. The van der Waals surface area contributed by atoms with E-state index in [2.05, 4.69) is 27.7 Å². The SMILES string of the molecule is CCC.COc1ccc(OCOc2cccc(C(C)C)c2OC)cc1C. The molecule has 4 heteroatoms. The van der Waals surface area contributed by atoms with Crippen molar-refractivity contribution < 1.29 is 18.9 Å². The van der Waals surface area contributed by atoms with Crippen LogP contribution in [0, 0.1) is 6.92 Å². The molecule has 0 heterocycles. The van der Waals surface area contributed by atoms with E-state index < -0.39 is 0 Å². The number of methoxy groups -OCH3 is 2. The van der Waals surface area contributed by atoms with Gasteiger partial charge in [-0.1, -0.05) is 46.2 Å². The van der Waals surface area contributed by atoms with E-state index in [1.54, 1.807) is 14.2 Å². The minimum atomic E-state index is 0.115. The third kappa shape index (κ3) is 6.17. The van der Waals surface area contributed by atoms with Crippen molar-refractivity contribution in [1.82, 2.24) is 0 Å². The summed E-state index contributed by atoms with van der Waals surface area (Å²) in [6.07, 6.45) is 1.25. The average Bonchev–Trinajstić information content (AvgIpc) is 2.62. The summed E-state index contributed by atoms with van der Waals surface area (Å²) < 4.78 is 22.1. The molecular formula is C22H32O4. The van der Waals surface area contributed by atoms with E-state index in [9.17, 15) is 0 Å². The highest BCUT2D eigenvalue weighted by molar-refractivity contribution is 5.48. The first kappa shape index (κ1) is 21.7. The fraction of sp³-hybridized carbons (Fsp3) is 0.455. The molecule has 0 saturated carbocycles. The fourth-order valence-corrected chi connectivity index (χ4v) is 2.42. The van der Waals surface area contributed by atoms with E-state index in [1.165, 1.54) is 6.42 Å². The maximum absolute atomic E-state index is 5.74. The van der Waals surface area contributed by atoms with Crippen molar-refractivity contribution in [2.45, 2.75) is 47.0 Å². The molecule has 0 aliphatic heterocycles. The summed E-state index contributed by atoms with van der Waals surface area (Å²) in [7, 11) is 3.31. The van der Waals surface area contributed by atoms with Crippen molar-refractivity contribution >= 4 is 0 Å². The van der Waals surface area contributed by atoms with Gasteiger partial charge in [0, 0.05) is 5.56 Å². The maximum Gasteiger partial charge on any atom is 0.231 e. The Bertz CT molecular complexity index is 665.